The van der Waals surface area contributed by atoms with Gasteiger partial charge >= 0.3 is 5.97 Å². The van der Waals surface area contributed by atoms with Crippen molar-refractivity contribution in [3.8, 4) is 0 Å². The van der Waals surface area contributed by atoms with Crippen LogP contribution in [0.25, 0.3) is 0 Å². The Morgan fingerprint density at radius 2 is 1.82 bits per heavy atom. The van der Waals surface area contributed by atoms with E-state index in [9.17, 15) is 14.4 Å². The molecule has 0 heterocycles. The van der Waals surface area contributed by atoms with Crippen LogP contribution in [-0.2, 0) is 14.3 Å². The Morgan fingerprint density at radius 1 is 1.07 bits per heavy atom. The second-order valence-corrected chi connectivity index (χ2v) is 7.38. The molecule has 1 aromatic carbocycles. The summed E-state index contributed by atoms with van der Waals surface area (Å²) in [5.74, 6) is -1.09. The van der Waals surface area contributed by atoms with E-state index in [1.165, 1.54) is 18.4 Å². The second kappa shape index (κ2) is 9.53. The smallest absolute Gasteiger partial charge is 0.338 e. The summed E-state index contributed by atoms with van der Waals surface area (Å²) in [6.07, 6.45) is 8.57. The maximum Gasteiger partial charge on any atom is 0.338 e. The van der Waals surface area contributed by atoms with Crippen LogP contribution in [0.15, 0.2) is 35.9 Å². The third kappa shape index (κ3) is 5.44. The van der Waals surface area contributed by atoms with Crippen molar-refractivity contribution in [3.63, 3.8) is 0 Å². The van der Waals surface area contributed by atoms with Gasteiger partial charge in [-0.25, -0.2) is 4.79 Å². The number of rotatable bonds is 8. The first-order valence-corrected chi connectivity index (χ1v) is 10.1. The van der Waals surface area contributed by atoms with Crippen molar-refractivity contribution in [2.24, 2.45) is 11.8 Å². The van der Waals surface area contributed by atoms with Gasteiger partial charge in [0.15, 0.2) is 0 Å². The van der Waals surface area contributed by atoms with Crippen molar-refractivity contribution < 1.29 is 19.1 Å². The van der Waals surface area contributed by atoms with Crippen LogP contribution >= 0.6 is 0 Å². The number of hydrogen-bond donors (Lipinski definition) is 2. The Hall–Kier alpha value is -2.63. The molecule has 0 spiro atoms. The molecule has 0 bridgehead atoms. The average molecular weight is 384 g/mol. The molecule has 28 heavy (non-hydrogen) atoms. The average Bonchev–Trinajstić information content (AvgIpc) is 3.51. The van der Waals surface area contributed by atoms with E-state index in [1.807, 2.05) is 0 Å². The zero-order chi connectivity index (χ0) is 19.9. The minimum Gasteiger partial charge on any atom is -0.462 e. The van der Waals surface area contributed by atoms with E-state index in [0.29, 0.717) is 30.8 Å². The Balaban J connectivity index is 1.40. The van der Waals surface area contributed by atoms with E-state index in [2.05, 4.69) is 16.7 Å². The maximum atomic E-state index is 12.3. The lowest BCUT2D eigenvalue weighted by atomic mass is 9.97. The number of carbonyl (C=O) groups excluding carboxylic acids is 3. The van der Waals surface area contributed by atoms with Gasteiger partial charge in [-0.15, -0.1) is 0 Å². The predicted molar refractivity (Wildman–Crippen MR) is 107 cm³/mol. The molecule has 6 nitrogen and oxygen atoms in total. The highest BCUT2D eigenvalue weighted by atomic mass is 16.5. The van der Waals surface area contributed by atoms with Gasteiger partial charge in [0, 0.05) is 12.2 Å². The number of esters is 1. The molecular formula is C22H28N2O4. The van der Waals surface area contributed by atoms with Crippen LogP contribution in [0, 0.1) is 11.8 Å². The molecule has 150 valence electrons. The molecule has 0 aromatic heterocycles. The fourth-order valence-corrected chi connectivity index (χ4v) is 3.52. The van der Waals surface area contributed by atoms with Gasteiger partial charge in [0.2, 0.25) is 11.8 Å². The fraction of sp³-hybridized carbons (Fsp3) is 0.500. The van der Waals surface area contributed by atoms with Gasteiger partial charge in [0.25, 0.3) is 0 Å². The lowest BCUT2D eigenvalue weighted by molar-refractivity contribution is -0.125. The van der Waals surface area contributed by atoms with E-state index >= 15 is 0 Å². The number of amides is 2. The van der Waals surface area contributed by atoms with E-state index < -0.39 is 0 Å². The van der Waals surface area contributed by atoms with Crippen LogP contribution < -0.4 is 10.6 Å². The number of hydrogen-bond acceptors (Lipinski definition) is 4. The third-order valence-corrected chi connectivity index (χ3v) is 5.26. The Morgan fingerprint density at radius 3 is 2.50 bits per heavy atom. The number of nitrogens with one attached hydrogen (secondary N) is 2. The molecule has 2 amide bonds. The third-order valence-electron chi connectivity index (χ3n) is 5.26. The van der Waals surface area contributed by atoms with Crippen molar-refractivity contribution in [3.05, 3.63) is 41.5 Å². The summed E-state index contributed by atoms with van der Waals surface area (Å²) in [7, 11) is 0. The molecule has 2 N–H and O–H groups in total. The number of carbonyl (C=O) groups is 3. The number of allylic oxidation sites excluding steroid dienone is 1. The predicted octanol–water partition coefficient (Wildman–Crippen LogP) is 3.44. The monoisotopic (exact) mass is 384 g/mol. The molecule has 1 aromatic rings. The standard InChI is InChI=1S/C22H28N2O4/c1-2-28-22(27)16-8-10-17(11-9-16)24-21(26)19-14-18(19)20(25)23-13-12-15-6-4-3-5-7-15/h6,8-11,18-19H,2-5,7,12-14H2,1H3,(H,23,25)(H,24,26). The zero-order valence-electron chi connectivity index (χ0n) is 16.3. The Labute approximate surface area is 165 Å². The lowest BCUT2D eigenvalue weighted by Gasteiger charge is -2.13. The van der Waals surface area contributed by atoms with Gasteiger partial charge < -0.3 is 15.4 Å². The summed E-state index contributed by atoms with van der Waals surface area (Å²) >= 11 is 0. The molecule has 2 aliphatic rings. The van der Waals surface area contributed by atoms with Gasteiger partial charge in [0.1, 0.15) is 0 Å². The number of benzene rings is 1. The van der Waals surface area contributed by atoms with Gasteiger partial charge in [-0.1, -0.05) is 11.6 Å². The summed E-state index contributed by atoms with van der Waals surface area (Å²) in [5.41, 5.74) is 2.48. The van der Waals surface area contributed by atoms with E-state index in [4.69, 9.17) is 4.74 Å². The van der Waals surface area contributed by atoms with Crippen LogP contribution in [0.3, 0.4) is 0 Å². The highest BCUT2D eigenvalue weighted by molar-refractivity contribution is 5.99. The minimum atomic E-state index is -0.386. The molecule has 1 saturated carbocycles. The summed E-state index contributed by atoms with van der Waals surface area (Å²) in [6.45, 7) is 2.72. The van der Waals surface area contributed by atoms with Crippen LogP contribution in [-0.4, -0.2) is 30.9 Å². The van der Waals surface area contributed by atoms with Crippen LogP contribution in [0.4, 0.5) is 5.69 Å². The first kappa shape index (κ1) is 20.1. The molecule has 0 radical (unpaired) electrons. The maximum absolute atomic E-state index is 12.3. The molecule has 1 fully saturated rings. The zero-order valence-corrected chi connectivity index (χ0v) is 16.3. The number of ether oxygens (including phenoxy) is 1. The van der Waals surface area contributed by atoms with Crippen molar-refractivity contribution in [2.75, 3.05) is 18.5 Å². The summed E-state index contributed by atoms with van der Waals surface area (Å²) in [4.78, 5) is 36.2. The Kier molecular flexibility index (Phi) is 6.85. The van der Waals surface area contributed by atoms with Crippen molar-refractivity contribution in [2.45, 2.75) is 45.4 Å². The summed E-state index contributed by atoms with van der Waals surface area (Å²) < 4.78 is 4.93. The van der Waals surface area contributed by atoms with E-state index in [-0.39, 0.29) is 29.6 Å². The lowest BCUT2D eigenvalue weighted by Crippen LogP contribution is -2.28. The van der Waals surface area contributed by atoms with Crippen molar-refractivity contribution in [1.82, 2.24) is 5.32 Å². The van der Waals surface area contributed by atoms with Gasteiger partial charge in [-0.2, -0.15) is 0 Å². The molecular weight excluding hydrogens is 356 g/mol. The fourth-order valence-electron chi connectivity index (χ4n) is 3.52. The molecule has 0 aliphatic heterocycles. The first-order chi connectivity index (χ1) is 13.6. The van der Waals surface area contributed by atoms with Crippen LogP contribution in [0.5, 0.6) is 0 Å². The molecule has 6 heteroatoms. The number of anilines is 1. The SMILES string of the molecule is CCOC(=O)c1ccc(NC(=O)C2CC2C(=O)NCCC2=CCCCC2)cc1. The molecule has 2 unspecified atom stereocenters. The quantitative estimate of drug-likeness (QED) is 0.531. The molecule has 0 saturated heterocycles. The molecule has 2 aliphatic carbocycles. The topological polar surface area (TPSA) is 84.5 Å². The van der Waals surface area contributed by atoms with Gasteiger partial charge in [0.05, 0.1) is 24.0 Å². The van der Waals surface area contributed by atoms with Gasteiger partial charge in [-0.3, -0.25) is 9.59 Å². The normalized spacial score (nSPS) is 20.7. The first-order valence-electron chi connectivity index (χ1n) is 10.1. The Bertz CT molecular complexity index is 754. The summed E-state index contributed by atoms with van der Waals surface area (Å²) in [6, 6.07) is 6.56. The highest BCUT2D eigenvalue weighted by Gasteiger charge is 2.47. The molecule has 3 rings (SSSR count). The minimum absolute atomic E-state index is 0.0331. The van der Waals surface area contributed by atoms with E-state index in [0.717, 1.165) is 19.3 Å². The molecule has 2 atom stereocenters. The largest absolute Gasteiger partial charge is 0.462 e. The summed E-state index contributed by atoms with van der Waals surface area (Å²) in [5, 5.41) is 5.78. The second-order valence-electron chi connectivity index (χ2n) is 7.38. The van der Waals surface area contributed by atoms with Crippen LogP contribution in [0.1, 0.15) is 55.8 Å². The van der Waals surface area contributed by atoms with Gasteiger partial charge in [-0.05, 0) is 69.7 Å². The highest BCUT2D eigenvalue weighted by Crippen LogP contribution is 2.39. The van der Waals surface area contributed by atoms with Crippen LogP contribution in [0.2, 0.25) is 0 Å². The van der Waals surface area contributed by atoms with E-state index in [1.54, 1.807) is 31.2 Å². The van der Waals surface area contributed by atoms with Crippen molar-refractivity contribution >= 4 is 23.5 Å². The van der Waals surface area contributed by atoms with Crippen molar-refractivity contribution in [1.29, 1.82) is 0 Å².